The fourth-order valence-electron chi connectivity index (χ4n) is 3.04. The zero-order valence-electron chi connectivity index (χ0n) is 12.3. The van der Waals surface area contributed by atoms with Gasteiger partial charge < -0.3 is 10.0 Å². The molecule has 0 amide bonds. The van der Waals surface area contributed by atoms with Crippen molar-refractivity contribution in [3.05, 3.63) is 51.2 Å². The molecule has 2 heterocycles. The van der Waals surface area contributed by atoms with Crippen molar-refractivity contribution < 1.29 is 9.90 Å². The standard InChI is InChI=1S/C17H19NO2S/c1-11-7-13-5-3-4-6-15(13)18(9-11)10-14-8-16(17(19)20)21-12(14)2/h3-6,8,11H,7,9-10H2,1-2H3,(H,19,20). The number of fused-ring (bicyclic) bond motifs is 1. The van der Waals surface area contributed by atoms with Crippen molar-refractivity contribution in [3.63, 3.8) is 0 Å². The van der Waals surface area contributed by atoms with E-state index in [0.717, 1.165) is 30.0 Å². The fraction of sp³-hybridized carbons (Fsp3) is 0.353. The summed E-state index contributed by atoms with van der Waals surface area (Å²) in [5.74, 6) is -0.209. The Balaban J connectivity index is 1.90. The van der Waals surface area contributed by atoms with Crippen molar-refractivity contribution in [3.8, 4) is 0 Å². The highest BCUT2D eigenvalue weighted by molar-refractivity contribution is 7.14. The lowest BCUT2D eigenvalue weighted by Gasteiger charge is -2.35. The number of para-hydroxylation sites is 1. The van der Waals surface area contributed by atoms with Crippen LogP contribution in [0.15, 0.2) is 30.3 Å². The zero-order chi connectivity index (χ0) is 15.0. The Kier molecular flexibility index (Phi) is 3.72. The van der Waals surface area contributed by atoms with Crippen LogP contribution in [0.5, 0.6) is 0 Å². The van der Waals surface area contributed by atoms with Crippen LogP contribution in [-0.4, -0.2) is 17.6 Å². The van der Waals surface area contributed by atoms with Crippen molar-refractivity contribution in [1.82, 2.24) is 0 Å². The molecule has 0 saturated heterocycles. The van der Waals surface area contributed by atoms with Crippen LogP contribution >= 0.6 is 11.3 Å². The van der Waals surface area contributed by atoms with E-state index < -0.39 is 5.97 Å². The van der Waals surface area contributed by atoms with Gasteiger partial charge in [-0.1, -0.05) is 25.1 Å². The summed E-state index contributed by atoms with van der Waals surface area (Å²) in [7, 11) is 0. The second kappa shape index (κ2) is 5.53. The van der Waals surface area contributed by atoms with Gasteiger partial charge >= 0.3 is 5.97 Å². The Morgan fingerprint density at radius 2 is 2.19 bits per heavy atom. The van der Waals surface area contributed by atoms with Gasteiger partial charge in [0.25, 0.3) is 0 Å². The lowest BCUT2D eigenvalue weighted by molar-refractivity contribution is 0.0702. The number of carbonyl (C=O) groups is 1. The number of nitrogens with zero attached hydrogens (tertiary/aromatic N) is 1. The lowest BCUT2D eigenvalue weighted by atomic mass is 9.93. The SMILES string of the molecule is Cc1sc(C(=O)O)cc1CN1CC(C)Cc2ccccc21. The summed E-state index contributed by atoms with van der Waals surface area (Å²) >= 11 is 1.37. The molecule has 0 bridgehead atoms. The average molecular weight is 301 g/mol. The van der Waals surface area contributed by atoms with Gasteiger partial charge in [-0.2, -0.15) is 0 Å². The molecule has 4 heteroatoms. The maximum absolute atomic E-state index is 11.1. The van der Waals surface area contributed by atoms with Gasteiger partial charge in [-0.15, -0.1) is 11.3 Å². The third-order valence-corrected chi connectivity index (χ3v) is 5.11. The largest absolute Gasteiger partial charge is 0.477 e. The molecule has 1 unspecified atom stereocenters. The van der Waals surface area contributed by atoms with Crippen molar-refractivity contribution >= 4 is 23.0 Å². The minimum absolute atomic E-state index is 0.431. The molecule has 0 fully saturated rings. The molecular weight excluding hydrogens is 282 g/mol. The summed E-state index contributed by atoms with van der Waals surface area (Å²) in [6.45, 7) is 6.09. The van der Waals surface area contributed by atoms with E-state index in [0.29, 0.717) is 10.8 Å². The Morgan fingerprint density at radius 3 is 2.90 bits per heavy atom. The first-order chi connectivity index (χ1) is 10.0. The third kappa shape index (κ3) is 2.81. The van der Waals surface area contributed by atoms with Gasteiger partial charge in [-0.25, -0.2) is 4.79 Å². The molecule has 3 rings (SSSR count). The van der Waals surface area contributed by atoms with Crippen LogP contribution in [0.1, 0.15) is 32.6 Å². The minimum Gasteiger partial charge on any atom is -0.477 e. The van der Waals surface area contributed by atoms with Gasteiger partial charge in [0.05, 0.1) is 0 Å². The Labute approximate surface area is 128 Å². The Bertz CT molecular complexity index is 677. The second-order valence-corrected chi connectivity index (χ2v) is 7.07. The number of benzene rings is 1. The molecule has 1 aliphatic rings. The molecule has 1 aliphatic heterocycles. The van der Waals surface area contributed by atoms with Crippen LogP contribution in [0.4, 0.5) is 5.69 Å². The molecular formula is C17H19NO2S. The lowest BCUT2D eigenvalue weighted by Crippen LogP contribution is -2.33. The van der Waals surface area contributed by atoms with Crippen molar-refractivity contribution in [2.75, 3.05) is 11.4 Å². The molecule has 1 atom stereocenters. The van der Waals surface area contributed by atoms with Gasteiger partial charge in [-0.05, 0) is 42.5 Å². The normalized spacial score (nSPS) is 17.6. The van der Waals surface area contributed by atoms with E-state index in [1.54, 1.807) is 0 Å². The summed E-state index contributed by atoms with van der Waals surface area (Å²) in [5, 5.41) is 9.13. The first kappa shape index (κ1) is 14.1. The molecule has 1 aromatic heterocycles. The smallest absolute Gasteiger partial charge is 0.345 e. The molecule has 3 nitrogen and oxygen atoms in total. The number of aryl methyl sites for hydroxylation is 1. The molecule has 0 radical (unpaired) electrons. The quantitative estimate of drug-likeness (QED) is 0.933. The summed E-state index contributed by atoms with van der Waals surface area (Å²) < 4.78 is 0. The molecule has 110 valence electrons. The van der Waals surface area contributed by atoms with Crippen molar-refractivity contribution in [1.29, 1.82) is 0 Å². The zero-order valence-corrected chi connectivity index (χ0v) is 13.1. The first-order valence-electron chi connectivity index (χ1n) is 7.20. The molecule has 1 aromatic carbocycles. The van der Waals surface area contributed by atoms with Gasteiger partial charge in [-0.3, -0.25) is 0 Å². The first-order valence-corrected chi connectivity index (χ1v) is 8.01. The highest BCUT2D eigenvalue weighted by Gasteiger charge is 2.22. The van der Waals surface area contributed by atoms with Crippen LogP contribution < -0.4 is 4.90 Å². The molecule has 1 N–H and O–H groups in total. The van der Waals surface area contributed by atoms with Crippen molar-refractivity contribution in [2.24, 2.45) is 5.92 Å². The predicted molar refractivity (Wildman–Crippen MR) is 86.4 cm³/mol. The number of carboxylic acids is 1. The molecule has 2 aromatic rings. The third-order valence-electron chi connectivity index (χ3n) is 4.03. The second-order valence-electron chi connectivity index (χ2n) is 5.82. The topological polar surface area (TPSA) is 40.5 Å². The minimum atomic E-state index is -0.832. The van der Waals surface area contributed by atoms with E-state index in [1.807, 2.05) is 13.0 Å². The summed E-state index contributed by atoms with van der Waals surface area (Å²) in [4.78, 5) is 15.0. The molecule has 21 heavy (non-hydrogen) atoms. The molecule has 0 aliphatic carbocycles. The van der Waals surface area contributed by atoms with E-state index in [9.17, 15) is 4.79 Å². The Hall–Kier alpha value is -1.81. The van der Waals surface area contributed by atoms with E-state index >= 15 is 0 Å². The van der Waals surface area contributed by atoms with Crippen LogP contribution in [0, 0.1) is 12.8 Å². The van der Waals surface area contributed by atoms with Crippen LogP contribution in [0.2, 0.25) is 0 Å². The fourth-order valence-corrected chi connectivity index (χ4v) is 3.92. The van der Waals surface area contributed by atoms with E-state index in [1.165, 1.54) is 22.6 Å². The van der Waals surface area contributed by atoms with Gasteiger partial charge in [0, 0.05) is 23.7 Å². The molecule has 0 spiro atoms. The highest BCUT2D eigenvalue weighted by Crippen LogP contribution is 2.32. The monoisotopic (exact) mass is 301 g/mol. The van der Waals surface area contributed by atoms with Gasteiger partial charge in [0.2, 0.25) is 0 Å². The van der Waals surface area contributed by atoms with E-state index in [-0.39, 0.29) is 0 Å². The number of hydrogen-bond acceptors (Lipinski definition) is 3. The number of anilines is 1. The maximum atomic E-state index is 11.1. The van der Waals surface area contributed by atoms with Crippen molar-refractivity contribution in [2.45, 2.75) is 26.8 Å². The predicted octanol–water partition coefficient (Wildman–Crippen LogP) is 3.95. The molecule has 0 saturated carbocycles. The highest BCUT2D eigenvalue weighted by atomic mass is 32.1. The maximum Gasteiger partial charge on any atom is 0.345 e. The average Bonchev–Trinajstić information content (AvgIpc) is 2.80. The number of thiophene rings is 1. The van der Waals surface area contributed by atoms with Crippen LogP contribution in [-0.2, 0) is 13.0 Å². The summed E-state index contributed by atoms with van der Waals surface area (Å²) in [6, 6.07) is 10.4. The van der Waals surface area contributed by atoms with Gasteiger partial charge in [0.1, 0.15) is 4.88 Å². The summed E-state index contributed by atoms with van der Waals surface area (Å²) in [6.07, 6.45) is 1.12. The Morgan fingerprint density at radius 1 is 1.43 bits per heavy atom. The van der Waals surface area contributed by atoms with Crippen LogP contribution in [0.3, 0.4) is 0 Å². The van der Waals surface area contributed by atoms with E-state index in [4.69, 9.17) is 5.11 Å². The number of hydrogen-bond donors (Lipinski definition) is 1. The van der Waals surface area contributed by atoms with Crippen LogP contribution in [0.25, 0.3) is 0 Å². The van der Waals surface area contributed by atoms with E-state index in [2.05, 4.69) is 36.1 Å². The number of aromatic carboxylic acids is 1. The van der Waals surface area contributed by atoms with Gasteiger partial charge in [0.15, 0.2) is 0 Å². The number of rotatable bonds is 3. The number of carboxylic acid groups (broad SMARTS) is 1. The summed E-state index contributed by atoms with van der Waals surface area (Å²) in [5.41, 5.74) is 3.81.